The summed E-state index contributed by atoms with van der Waals surface area (Å²) in [5.41, 5.74) is -0.490. The van der Waals surface area contributed by atoms with Crippen molar-refractivity contribution in [1.29, 1.82) is 0 Å². The summed E-state index contributed by atoms with van der Waals surface area (Å²) in [7, 11) is 0. The summed E-state index contributed by atoms with van der Waals surface area (Å²) < 4.78 is 5.43. The molecule has 0 rings (SSSR count). The number of ether oxygens (including phenoxy) is 1. The summed E-state index contributed by atoms with van der Waals surface area (Å²) in [5.74, 6) is 0. The molecule has 0 aromatic carbocycles. The summed E-state index contributed by atoms with van der Waals surface area (Å²) in [6.45, 7) is 2.90. The van der Waals surface area contributed by atoms with E-state index in [9.17, 15) is 0 Å². The van der Waals surface area contributed by atoms with Crippen molar-refractivity contribution in [3.05, 3.63) is 0 Å². The van der Waals surface area contributed by atoms with Crippen molar-refractivity contribution in [2.45, 2.75) is 32.6 Å². The lowest BCUT2D eigenvalue weighted by atomic mass is 9.95. The fourth-order valence-corrected chi connectivity index (χ4v) is 1.51. The van der Waals surface area contributed by atoms with Gasteiger partial charge in [0, 0.05) is 17.4 Å². The number of hydrogen-bond acceptors (Lipinski definition) is 3. The van der Waals surface area contributed by atoms with Gasteiger partial charge < -0.3 is 14.9 Å². The minimum atomic E-state index is -0.490. The smallest absolute Gasteiger partial charge is 0.0563 e. The van der Waals surface area contributed by atoms with Gasteiger partial charge in [0.15, 0.2) is 0 Å². The van der Waals surface area contributed by atoms with Crippen LogP contribution >= 0.6 is 15.9 Å². The van der Waals surface area contributed by atoms with Gasteiger partial charge in [-0.25, -0.2) is 0 Å². The van der Waals surface area contributed by atoms with Crippen LogP contribution in [-0.2, 0) is 4.74 Å². The lowest BCUT2D eigenvalue weighted by molar-refractivity contribution is -0.0169. The first-order valence-electron chi connectivity index (χ1n) is 5.54. The van der Waals surface area contributed by atoms with Gasteiger partial charge in [-0.3, -0.25) is 0 Å². The maximum atomic E-state index is 9.01. The largest absolute Gasteiger partial charge is 0.396 e. The van der Waals surface area contributed by atoms with E-state index in [1.54, 1.807) is 0 Å². The van der Waals surface area contributed by atoms with E-state index in [2.05, 4.69) is 15.9 Å². The van der Waals surface area contributed by atoms with E-state index >= 15 is 0 Å². The van der Waals surface area contributed by atoms with Gasteiger partial charge in [0.1, 0.15) is 0 Å². The highest BCUT2D eigenvalue weighted by Gasteiger charge is 2.22. The first kappa shape index (κ1) is 15.4. The molecule has 0 spiro atoms. The Bertz CT molecular complexity index is 138. The van der Waals surface area contributed by atoms with Crippen molar-refractivity contribution in [3.63, 3.8) is 0 Å². The number of alkyl halides is 1. The average Bonchev–Trinajstić information content (AvgIpc) is 2.27. The van der Waals surface area contributed by atoms with Gasteiger partial charge in [-0.2, -0.15) is 0 Å². The number of halogens is 1. The van der Waals surface area contributed by atoms with Crippen molar-refractivity contribution in [2.75, 3.05) is 31.8 Å². The summed E-state index contributed by atoms with van der Waals surface area (Å²) in [4.78, 5) is 0. The second-order valence-corrected chi connectivity index (χ2v) is 5.08. The van der Waals surface area contributed by atoms with E-state index in [-0.39, 0.29) is 13.2 Å². The number of hydrogen-bond donors (Lipinski definition) is 2. The Kier molecular flexibility index (Phi) is 9.81. The summed E-state index contributed by atoms with van der Waals surface area (Å²) in [6.07, 6.45) is 4.68. The first-order chi connectivity index (χ1) is 7.18. The van der Waals surface area contributed by atoms with Crippen molar-refractivity contribution >= 4 is 15.9 Å². The molecular formula is C11H23BrO3. The highest BCUT2D eigenvalue weighted by molar-refractivity contribution is 9.09. The minimum absolute atomic E-state index is 0.0346. The average molecular weight is 283 g/mol. The van der Waals surface area contributed by atoms with Crippen LogP contribution in [0.25, 0.3) is 0 Å². The summed E-state index contributed by atoms with van der Waals surface area (Å²) >= 11 is 3.39. The van der Waals surface area contributed by atoms with Crippen LogP contribution < -0.4 is 0 Å². The molecule has 0 radical (unpaired) electrons. The Morgan fingerprint density at radius 1 is 1.07 bits per heavy atom. The van der Waals surface area contributed by atoms with Crippen LogP contribution in [-0.4, -0.2) is 42.0 Å². The van der Waals surface area contributed by atoms with Crippen LogP contribution in [0.2, 0.25) is 0 Å². The number of rotatable bonds is 10. The summed E-state index contributed by atoms with van der Waals surface area (Å²) in [6, 6.07) is 0. The van der Waals surface area contributed by atoms with Gasteiger partial charge in [-0.1, -0.05) is 35.7 Å². The zero-order chi connectivity index (χ0) is 11.6. The molecule has 0 aliphatic carbocycles. The first-order valence-corrected chi connectivity index (χ1v) is 6.66. The molecule has 4 heteroatoms. The second kappa shape index (κ2) is 9.58. The van der Waals surface area contributed by atoms with Gasteiger partial charge >= 0.3 is 0 Å². The van der Waals surface area contributed by atoms with Crippen LogP contribution in [0.4, 0.5) is 0 Å². The zero-order valence-electron chi connectivity index (χ0n) is 9.54. The van der Waals surface area contributed by atoms with Crippen LogP contribution in [0.15, 0.2) is 0 Å². The monoisotopic (exact) mass is 282 g/mol. The Labute approximate surface area is 101 Å². The molecule has 0 aliphatic heterocycles. The third-order valence-electron chi connectivity index (χ3n) is 2.39. The molecule has 0 amide bonds. The van der Waals surface area contributed by atoms with E-state index in [0.717, 1.165) is 18.4 Å². The Balaban J connectivity index is 3.29. The molecule has 2 N–H and O–H groups in total. The van der Waals surface area contributed by atoms with Gasteiger partial charge in [0.2, 0.25) is 0 Å². The minimum Gasteiger partial charge on any atom is -0.396 e. The van der Waals surface area contributed by atoms with E-state index in [0.29, 0.717) is 6.61 Å². The predicted molar refractivity (Wildman–Crippen MR) is 65.4 cm³/mol. The van der Waals surface area contributed by atoms with Crippen molar-refractivity contribution in [2.24, 2.45) is 5.41 Å². The highest BCUT2D eigenvalue weighted by Crippen LogP contribution is 2.14. The zero-order valence-corrected chi connectivity index (χ0v) is 11.1. The molecule has 0 atom stereocenters. The molecule has 0 aromatic heterocycles. The van der Waals surface area contributed by atoms with E-state index < -0.39 is 5.41 Å². The lowest BCUT2D eigenvalue weighted by Crippen LogP contribution is -2.31. The fraction of sp³-hybridized carbons (Fsp3) is 1.00. The Morgan fingerprint density at radius 3 is 2.20 bits per heavy atom. The van der Waals surface area contributed by atoms with E-state index in [1.165, 1.54) is 19.3 Å². The van der Waals surface area contributed by atoms with Crippen molar-refractivity contribution in [1.82, 2.24) is 0 Å². The van der Waals surface area contributed by atoms with Crippen LogP contribution in [0, 0.1) is 5.41 Å². The second-order valence-electron chi connectivity index (χ2n) is 4.28. The number of unbranched alkanes of at least 4 members (excludes halogenated alkanes) is 3. The third-order valence-corrected chi connectivity index (χ3v) is 2.95. The van der Waals surface area contributed by atoms with E-state index in [1.807, 2.05) is 6.92 Å². The SMILES string of the molecule is CC(CO)(CO)COCCCCCCBr. The van der Waals surface area contributed by atoms with Crippen LogP contribution in [0.1, 0.15) is 32.6 Å². The molecule has 0 unspecified atom stereocenters. The van der Waals surface area contributed by atoms with Crippen molar-refractivity contribution < 1.29 is 14.9 Å². The van der Waals surface area contributed by atoms with Gasteiger partial charge in [-0.15, -0.1) is 0 Å². The lowest BCUT2D eigenvalue weighted by Gasteiger charge is -2.24. The molecular weight excluding hydrogens is 260 g/mol. The highest BCUT2D eigenvalue weighted by atomic mass is 79.9. The molecule has 0 fully saturated rings. The molecule has 0 aliphatic rings. The third kappa shape index (κ3) is 8.20. The van der Waals surface area contributed by atoms with Crippen LogP contribution in [0.3, 0.4) is 0 Å². The normalized spacial score (nSPS) is 12.0. The molecule has 0 saturated carbocycles. The molecule has 0 bridgehead atoms. The topological polar surface area (TPSA) is 49.7 Å². The maximum Gasteiger partial charge on any atom is 0.0563 e. The molecule has 0 aromatic rings. The molecule has 3 nitrogen and oxygen atoms in total. The summed E-state index contributed by atoms with van der Waals surface area (Å²) in [5, 5.41) is 19.1. The molecule has 0 heterocycles. The van der Waals surface area contributed by atoms with Crippen molar-refractivity contribution in [3.8, 4) is 0 Å². The quantitative estimate of drug-likeness (QED) is 0.476. The Morgan fingerprint density at radius 2 is 1.67 bits per heavy atom. The standard InChI is InChI=1S/C11H23BrO3/c1-11(8-13,9-14)10-15-7-5-3-2-4-6-12/h13-14H,2-10H2,1H3. The Hall–Kier alpha value is 0.360. The van der Waals surface area contributed by atoms with Gasteiger partial charge in [0.05, 0.1) is 19.8 Å². The fourth-order valence-electron chi connectivity index (χ4n) is 1.11. The molecule has 15 heavy (non-hydrogen) atoms. The number of aliphatic hydroxyl groups is 2. The molecule has 0 saturated heterocycles. The van der Waals surface area contributed by atoms with Gasteiger partial charge in [-0.05, 0) is 12.8 Å². The van der Waals surface area contributed by atoms with E-state index in [4.69, 9.17) is 14.9 Å². The van der Waals surface area contributed by atoms with Crippen LogP contribution in [0.5, 0.6) is 0 Å². The maximum absolute atomic E-state index is 9.01. The van der Waals surface area contributed by atoms with Gasteiger partial charge in [0.25, 0.3) is 0 Å². The molecule has 92 valence electrons. The predicted octanol–water partition coefficient (Wildman–Crippen LogP) is 1.95. The number of aliphatic hydroxyl groups excluding tert-OH is 2.